The van der Waals surface area contributed by atoms with Crippen LogP contribution in [0.15, 0.2) is 48.5 Å². The zero-order valence-electron chi connectivity index (χ0n) is 14.8. The zero-order chi connectivity index (χ0) is 18.7. The zero-order valence-corrected chi connectivity index (χ0v) is 14.8. The van der Waals surface area contributed by atoms with Gasteiger partial charge >= 0.3 is 0 Å². The topological polar surface area (TPSA) is 58.6 Å². The highest BCUT2D eigenvalue weighted by atomic mass is 19.1. The Kier molecular flexibility index (Phi) is 4.93. The van der Waals surface area contributed by atoms with E-state index in [4.69, 9.17) is 4.74 Å². The van der Waals surface area contributed by atoms with Crippen molar-refractivity contribution in [2.24, 2.45) is 0 Å². The number of benzene rings is 2. The molecular formula is C20H21FN2O3. The van der Waals surface area contributed by atoms with Gasteiger partial charge in [0.2, 0.25) is 5.91 Å². The highest BCUT2D eigenvalue weighted by molar-refractivity contribution is 5.99. The van der Waals surface area contributed by atoms with Gasteiger partial charge in [0.1, 0.15) is 11.6 Å². The van der Waals surface area contributed by atoms with Gasteiger partial charge in [0.25, 0.3) is 5.91 Å². The van der Waals surface area contributed by atoms with Crippen LogP contribution in [0.25, 0.3) is 0 Å². The van der Waals surface area contributed by atoms with Gasteiger partial charge < -0.3 is 15.0 Å². The molecule has 136 valence electrons. The van der Waals surface area contributed by atoms with E-state index in [1.165, 1.54) is 24.3 Å². The molecule has 1 saturated heterocycles. The van der Waals surface area contributed by atoms with Gasteiger partial charge in [-0.15, -0.1) is 0 Å². The molecule has 0 aliphatic carbocycles. The lowest BCUT2D eigenvalue weighted by Gasteiger charge is -2.25. The molecule has 0 spiro atoms. The van der Waals surface area contributed by atoms with E-state index in [0.29, 0.717) is 24.4 Å². The average Bonchev–Trinajstić information content (AvgIpc) is 3.03. The number of rotatable bonds is 5. The molecule has 0 aromatic heterocycles. The first kappa shape index (κ1) is 17.9. The Morgan fingerprint density at radius 2 is 1.92 bits per heavy atom. The smallest absolute Gasteiger partial charge is 0.267 e. The number of amides is 2. The summed E-state index contributed by atoms with van der Waals surface area (Å²) in [6, 6.07) is 12.7. The van der Waals surface area contributed by atoms with Crippen molar-refractivity contribution in [3.63, 3.8) is 0 Å². The van der Waals surface area contributed by atoms with Crippen molar-refractivity contribution >= 4 is 23.2 Å². The fourth-order valence-electron chi connectivity index (χ4n) is 2.80. The van der Waals surface area contributed by atoms with Crippen molar-refractivity contribution in [3.8, 4) is 5.75 Å². The van der Waals surface area contributed by atoms with E-state index < -0.39 is 5.60 Å². The molecule has 2 aromatic rings. The van der Waals surface area contributed by atoms with Gasteiger partial charge in [-0.1, -0.05) is 6.07 Å². The minimum Gasteiger partial charge on any atom is -0.478 e. The first-order valence-corrected chi connectivity index (χ1v) is 8.52. The van der Waals surface area contributed by atoms with Gasteiger partial charge in [-0.05, 0) is 62.7 Å². The van der Waals surface area contributed by atoms with Crippen LogP contribution in [0.4, 0.5) is 15.8 Å². The largest absolute Gasteiger partial charge is 0.478 e. The van der Waals surface area contributed by atoms with Crippen molar-refractivity contribution in [1.29, 1.82) is 0 Å². The number of hydrogen-bond donors (Lipinski definition) is 1. The van der Waals surface area contributed by atoms with Crippen LogP contribution in [0.2, 0.25) is 0 Å². The second kappa shape index (κ2) is 7.15. The van der Waals surface area contributed by atoms with E-state index in [0.717, 1.165) is 12.1 Å². The molecular weight excluding hydrogens is 335 g/mol. The molecule has 26 heavy (non-hydrogen) atoms. The van der Waals surface area contributed by atoms with Crippen molar-refractivity contribution in [2.45, 2.75) is 32.3 Å². The molecule has 6 heteroatoms. The van der Waals surface area contributed by atoms with Gasteiger partial charge in [-0.25, -0.2) is 4.39 Å². The van der Waals surface area contributed by atoms with Crippen LogP contribution in [0.5, 0.6) is 5.75 Å². The standard InChI is InChI=1S/C20H21FN2O3/c1-20(2,26-17-10-8-14(21)9-11-17)19(25)22-15-5-3-6-16(13-15)23-12-4-7-18(23)24/h3,5-6,8-11,13H,4,7,12H2,1-2H3,(H,22,25). The van der Waals surface area contributed by atoms with Crippen molar-refractivity contribution in [3.05, 3.63) is 54.3 Å². The second-order valence-corrected chi connectivity index (χ2v) is 6.72. The highest BCUT2D eigenvalue weighted by Gasteiger charge is 2.30. The van der Waals surface area contributed by atoms with Gasteiger partial charge in [0.15, 0.2) is 5.60 Å². The van der Waals surface area contributed by atoms with E-state index >= 15 is 0 Å². The fourth-order valence-corrected chi connectivity index (χ4v) is 2.80. The summed E-state index contributed by atoms with van der Waals surface area (Å²) in [7, 11) is 0. The second-order valence-electron chi connectivity index (χ2n) is 6.72. The molecule has 0 radical (unpaired) electrons. The molecule has 1 fully saturated rings. The summed E-state index contributed by atoms with van der Waals surface area (Å²) in [6.07, 6.45) is 1.39. The van der Waals surface area contributed by atoms with E-state index in [1.807, 2.05) is 6.07 Å². The van der Waals surface area contributed by atoms with Gasteiger partial charge in [0.05, 0.1) is 0 Å². The summed E-state index contributed by atoms with van der Waals surface area (Å²) in [5.41, 5.74) is 0.197. The summed E-state index contributed by atoms with van der Waals surface area (Å²) in [6.45, 7) is 3.97. The SMILES string of the molecule is CC(C)(Oc1ccc(F)cc1)C(=O)Nc1cccc(N2CCCC2=O)c1. The van der Waals surface area contributed by atoms with E-state index in [9.17, 15) is 14.0 Å². The first-order valence-electron chi connectivity index (χ1n) is 8.52. The molecule has 2 aromatic carbocycles. The Balaban J connectivity index is 1.70. The van der Waals surface area contributed by atoms with Gasteiger partial charge in [0, 0.05) is 24.3 Å². The van der Waals surface area contributed by atoms with Crippen LogP contribution in [0.1, 0.15) is 26.7 Å². The predicted octanol–water partition coefficient (Wildman–Crippen LogP) is 3.75. The Hall–Kier alpha value is -2.89. The molecule has 0 saturated carbocycles. The number of nitrogens with zero attached hydrogens (tertiary/aromatic N) is 1. The van der Waals surface area contributed by atoms with Gasteiger partial charge in [-0.2, -0.15) is 0 Å². The Labute approximate surface area is 151 Å². The molecule has 1 N–H and O–H groups in total. The predicted molar refractivity (Wildman–Crippen MR) is 97.8 cm³/mol. The maximum absolute atomic E-state index is 13.0. The normalized spacial score (nSPS) is 14.4. The summed E-state index contributed by atoms with van der Waals surface area (Å²) in [5.74, 6) is -0.212. The van der Waals surface area contributed by atoms with Crippen molar-refractivity contribution < 1.29 is 18.7 Å². The van der Waals surface area contributed by atoms with Crippen molar-refractivity contribution in [1.82, 2.24) is 0 Å². The van der Waals surface area contributed by atoms with Crippen LogP contribution in [-0.4, -0.2) is 24.0 Å². The lowest BCUT2D eigenvalue weighted by molar-refractivity contribution is -0.128. The van der Waals surface area contributed by atoms with Gasteiger partial charge in [-0.3, -0.25) is 9.59 Å². The Morgan fingerprint density at radius 1 is 1.19 bits per heavy atom. The number of anilines is 2. The number of hydrogen-bond acceptors (Lipinski definition) is 3. The first-order chi connectivity index (χ1) is 12.3. The van der Waals surface area contributed by atoms with Crippen LogP contribution in [0.3, 0.4) is 0 Å². The molecule has 5 nitrogen and oxygen atoms in total. The number of carbonyl (C=O) groups excluding carboxylic acids is 2. The van der Waals surface area contributed by atoms with Crippen LogP contribution < -0.4 is 15.0 Å². The third-order valence-corrected chi connectivity index (χ3v) is 4.22. The lowest BCUT2D eigenvalue weighted by atomic mass is 10.1. The minimum absolute atomic E-state index is 0.0912. The average molecular weight is 356 g/mol. The Bertz CT molecular complexity index is 818. The maximum Gasteiger partial charge on any atom is 0.267 e. The number of ether oxygens (including phenoxy) is 1. The third-order valence-electron chi connectivity index (χ3n) is 4.22. The molecule has 1 heterocycles. The number of halogens is 1. The Morgan fingerprint density at radius 3 is 2.58 bits per heavy atom. The molecule has 3 rings (SSSR count). The van der Waals surface area contributed by atoms with Crippen LogP contribution in [-0.2, 0) is 9.59 Å². The quantitative estimate of drug-likeness (QED) is 0.888. The number of nitrogens with one attached hydrogen (secondary N) is 1. The van der Waals surface area contributed by atoms with Crippen molar-refractivity contribution in [2.75, 3.05) is 16.8 Å². The number of carbonyl (C=O) groups is 2. The van der Waals surface area contributed by atoms with E-state index in [2.05, 4.69) is 5.32 Å². The van der Waals surface area contributed by atoms with E-state index in [1.54, 1.807) is 36.9 Å². The maximum atomic E-state index is 13.0. The minimum atomic E-state index is -1.16. The highest BCUT2D eigenvalue weighted by Crippen LogP contribution is 2.25. The summed E-state index contributed by atoms with van der Waals surface area (Å²) in [5, 5.41) is 2.82. The van der Waals surface area contributed by atoms with E-state index in [-0.39, 0.29) is 17.6 Å². The molecule has 0 atom stereocenters. The third kappa shape index (κ3) is 4.02. The molecule has 2 amide bonds. The monoisotopic (exact) mass is 356 g/mol. The fraction of sp³-hybridized carbons (Fsp3) is 0.300. The van der Waals surface area contributed by atoms with Crippen LogP contribution >= 0.6 is 0 Å². The summed E-state index contributed by atoms with van der Waals surface area (Å²) < 4.78 is 18.7. The molecule has 1 aliphatic heterocycles. The molecule has 0 unspecified atom stereocenters. The summed E-state index contributed by atoms with van der Waals surface area (Å²) >= 11 is 0. The van der Waals surface area contributed by atoms with Crippen LogP contribution in [0, 0.1) is 5.82 Å². The summed E-state index contributed by atoms with van der Waals surface area (Å²) in [4.78, 5) is 26.2. The molecule has 0 bridgehead atoms. The lowest BCUT2D eigenvalue weighted by Crippen LogP contribution is -2.42. The molecule has 1 aliphatic rings.